The molecule has 1 unspecified atom stereocenters. The highest BCUT2D eigenvalue weighted by atomic mass is 19.1. The monoisotopic (exact) mass is 178 g/mol. The van der Waals surface area contributed by atoms with E-state index >= 15 is 0 Å². The highest BCUT2D eigenvalue weighted by molar-refractivity contribution is 5.82. The van der Waals surface area contributed by atoms with Crippen LogP contribution < -0.4 is 0 Å². The predicted molar refractivity (Wildman–Crippen MR) is 47.9 cm³/mol. The van der Waals surface area contributed by atoms with E-state index in [2.05, 4.69) is 0 Å². The molecule has 2 atom stereocenters. The number of benzene rings is 1. The number of hydrogen-bond acceptors (Lipinski definition) is 1. The van der Waals surface area contributed by atoms with E-state index in [1.807, 2.05) is 0 Å². The van der Waals surface area contributed by atoms with Crippen LogP contribution in [0.15, 0.2) is 24.3 Å². The van der Waals surface area contributed by atoms with Crippen LogP contribution in [0.4, 0.5) is 4.39 Å². The Balaban J connectivity index is 2.12. The van der Waals surface area contributed by atoms with Crippen LogP contribution in [0.2, 0.25) is 0 Å². The fourth-order valence-corrected chi connectivity index (χ4v) is 1.72. The standard InChI is InChI=1S/C11H11FO/c1-7(13)10-6-11(10)8-2-4-9(12)5-3-8/h2-5,10-11H,6H2,1H3/t10?,11-/m0/s1. The van der Waals surface area contributed by atoms with Crippen LogP contribution in [-0.2, 0) is 4.79 Å². The van der Waals surface area contributed by atoms with Gasteiger partial charge in [0.1, 0.15) is 11.6 Å². The Kier molecular flexibility index (Phi) is 1.91. The van der Waals surface area contributed by atoms with Crippen LogP contribution >= 0.6 is 0 Å². The minimum Gasteiger partial charge on any atom is -0.300 e. The van der Waals surface area contributed by atoms with Crippen LogP contribution in [0.3, 0.4) is 0 Å². The SMILES string of the molecule is CC(=O)C1C[C@H]1c1ccc(F)cc1. The molecule has 0 heterocycles. The molecule has 2 rings (SSSR count). The molecule has 0 aliphatic heterocycles. The number of carbonyl (C=O) groups is 1. The number of ketones is 1. The normalized spacial score (nSPS) is 25.7. The summed E-state index contributed by atoms with van der Waals surface area (Å²) in [5, 5.41) is 0. The molecular formula is C11H11FO. The minimum atomic E-state index is -0.219. The molecule has 1 aromatic carbocycles. The molecule has 0 radical (unpaired) electrons. The van der Waals surface area contributed by atoms with E-state index in [9.17, 15) is 9.18 Å². The van der Waals surface area contributed by atoms with Gasteiger partial charge in [0, 0.05) is 5.92 Å². The van der Waals surface area contributed by atoms with Gasteiger partial charge >= 0.3 is 0 Å². The lowest BCUT2D eigenvalue weighted by Gasteiger charge is -1.97. The number of hydrogen-bond donors (Lipinski definition) is 0. The van der Waals surface area contributed by atoms with Crippen LogP contribution in [0, 0.1) is 11.7 Å². The summed E-state index contributed by atoms with van der Waals surface area (Å²) in [4.78, 5) is 11.0. The molecule has 1 aromatic rings. The van der Waals surface area contributed by atoms with Crippen LogP contribution in [-0.4, -0.2) is 5.78 Å². The maximum absolute atomic E-state index is 12.6. The molecule has 13 heavy (non-hydrogen) atoms. The van der Waals surface area contributed by atoms with Crippen LogP contribution in [0.5, 0.6) is 0 Å². The van der Waals surface area contributed by atoms with Crippen LogP contribution in [0.25, 0.3) is 0 Å². The Hall–Kier alpha value is -1.18. The summed E-state index contributed by atoms with van der Waals surface area (Å²) in [6, 6.07) is 6.43. The summed E-state index contributed by atoms with van der Waals surface area (Å²) < 4.78 is 12.6. The first-order chi connectivity index (χ1) is 6.18. The second-order valence-electron chi connectivity index (χ2n) is 3.61. The van der Waals surface area contributed by atoms with Crippen molar-refractivity contribution in [1.29, 1.82) is 0 Å². The van der Waals surface area contributed by atoms with Gasteiger partial charge in [0.25, 0.3) is 0 Å². The molecule has 0 saturated heterocycles. The first-order valence-corrected chi connectivity index (χ1v) is 4.44. The molecule has 0 bridgehead atoms. The average Bonchev–Trinajstić information content (AvgIpc) is 2.85. The summed E-state index contributed by atoms with van der Waals surface area (Å²) in [5.41, 5.74) is 1.08. The lowest BCUT2D eigenvalue weighted by atomic mass is 10.1. The van der Waals surface area contributed by atoms with E-state index in [1.54, 1.807) is 19.1 Å². The Bertz CT molecular complexity index is 328. The third kappa shape index (κ3) is 1.62. The third-order valence-electron chi connectivity index (χ3n) is 2.61. The maximum Gasteiger partial charge on any atom is 0.133 e. The summed E-state index contributed by atoms with van der Waals surface area (Å²) >= 11 is 0. The summed E-state index contributed by atoms with van der Waals surface area (Å²) in [6.07, 6.45) is 0.932. The Morgan fingerprint density at radius 1 is 1.38 bits per heavy atom. The molecular weight excluding hydrogens is 167 g/mol. The Labute approximate surface area is 76.6 Å². The van der Waals surface area contributed by atoms with Crippen molar-refractivity contribution in [3.63, 3.8) is 0 Å². The summed E-state index contributed by atoms with van der Waals surface area (Å²) in [6.45, 7) is 1.62. The van der Waals surface area contributed by atoms with Gasteiger partial charge in [0.2, 0.25) is 0 Å². The Morgan fingerprint density at radius 2 is 2.00 bits per heavy atom. The zero-order valence-electron chi connectivity index (χ0n) is 7.46. The zero-order valence-corrected chi connectivity index (χ0v) is 7.46. The first kappa shape index (κ1) is 8.42. The van der Waals surface area contributed by atoms with Crippen molar-refractivity contribution in [2.24, 2.45) is 5.92 Å². The van der Waals surface area contributed by atoms with Gasteiger partial charge in [-0.3, -0.25) is 4.79 Å². The first-order valence-electron chi connectivity index (χ1n) is 4.44. The zero-order chi connectivity index (χ0) is 9.42. The van der Waals surface area contributed by atoms with Crippen molar-refractivity contribution < 1.29 is 9.18 Å². The van der Waals surface area contributed by atoms with E-state index in [4.69, 9.17) is 0 Å². The second kappa shape index (κ2) is 2.95. The van der Waals surface area contributed by atoms with Gasteiger partial charge in [-0.05, 0) is 37.0 Å². The maximum atomic E-state index is 12.6. The minimum absolute atomic E-state index is 0.186. The second-order valence-corrected chi connectivity index (χ2v) is 3.61. The number of carbonyl (C=O) groups excluding carboxylic acids is 1. The molecule has 0 aromatic heterocycles. The largest absolute Gasteiger partial charge is 0.300 e. The van der Waals surface area contributed by atoms with E-state index in [1.165, 1.54) is 12.1 Å². The quantitative estimate of drug-likeness (QED) is 0.680. The third-order valence-corrected chi connectivity index (χ3v) is 2.61. The molecule has 1 aliphatic rings. The van der Waals surface area contributed by atoms with Crippen molar-refractivity contribution >= 4 is 5.78 Å². The van der Waals surface area contributed by atoms with Gasteiger partial charge in [-0.15, -0.1) is 0 Å². The van der Waals surface area contributed by atoms with Gasteiger partial charge in [-0.1, -0.05) is 12.1 Å². The van der Waals surface area contributed by atoms with Crippen molar-refractivity contribution in [3.8, 4) is 0 Å². The molecule has 1 saturated carbocycles. The lowest BCUT2D eigenvalue weighted by molar-refractivity contribution is -0.118. The lowest BCUT2D eigenvalue weighted by Crippen LogP contribution is -1.94. The molecule has 68 valence electrons. The number of halogens is 1. The molecule has 0 amide bonds. The van der Waals surface area contributed by atoms with Crippen molar-refractivity contribution in [2.45, 2.75) is 19.3 Å². The fraction of sp³-hybridized carbons (Fsp3) is 0.364. The predicted octanol–water partition coefficient (Wildman–Crippen LogP) is 2.52. The number of rotatable bonds is 2. The highest BCUT2D eigenvalue weighted by Crippen LogP contribution is 2.47. The molecule has 1 aliphatic carbocycles. The van der Waals surface area contributed by atoms with Gasteiger partial charge in [-0.2, -0.15) is 0 Å². The number of Topliss-reactive ketones (excluding diaryl/α,β-unsaturated/α-hetero) is 1. The average molecular weight is 178 g/mol. The molecule has 1 nitrogen and oxygen atoms in total. The smallest absolute Gasteiger partial charge is 0.133 e. The van der Waals surface area contributed by atoms with E-state index in [0.717, 1.165) is 12.0 Å². The van der Waals surface area contributed by atoms with E-state index in [-0.39, 0.29) is 17.5 Å². The van der Waals surface area contributed by atoms with Crippen molar-refractivity contribution in [3.05, 3.63) is 35.6 Å². The Morgan fingerprint density at radius 3 is 2.46 bits per heavy atom. The van der Waals surface area contributed by atoms with E-state index in [0.29, 0.717) is 5.92 Å². The van der Waals surface area contributed by atoms with Gasteiger partial charge < -0.3 is 0 Å². The van der Waals surface area contributed by atoms with Gasteiger partial charge in [-0.25, -0.2) is 4.39 Å². The summed E-state index contributed by atoms with van der Waals surface area (Å²) in [7, 11) is 0. The highest BCUT2D eigenvalue weighted by Gasteiger charge is 2.41. The van der Waals surface area contributed by atoms with E-state index < -0.39 is 0 Å². The van der Waals surface area contributed by atoms with Crippen molar-refractivity contribution in [1.82, 2.24) is 0 Å². The van der Waals surface area contributed by atoms with Gasteiger partial charge in [0.15, 0.2) is 0 Å². The topological polar surface area (TPSA) is 17.1 Å². The molecule has 0 N–H and O–H groups in total. The molecule has 2 heteroatoms. The van der Waals surface area contributed by atoms with Crippen LogP contribution in [0.1, 0.15) is 24.8 Å². The molecule has 0 spiro atoms. The van der Waals surface area contributed by atoms with Crippen molar-refractivity contribution in [2.75, 3.05) is 0 Å². The summed E-state index contributed by atoms with van der Waals surface area (Å²) in [5.74, 6) is 0.557. The van der Waals surface area contributed by atoms with Gasteiger partial charge in [0.05, 0.1) is 0 Å². The fourth-order valence-electron chi connectivity index (χ4n) is 1.72. The molecule has 1 fully saturated rings.